The zero-order valence-electron chi connectivity index (χ0n) is 9.10. The monoisotopic (exact) mass is 286 g/mol. The molecule has 0 atom stereocenters. The number of benzene rings is 1. The molecule has 0 unspecified atom stereocenters. The van der Waals surface area contributed by atoms with Gasteiger partial charge in [0.25, 0.3) is 0 Å². The van der Waals surface area contributed by atoms with Gasteiger partial charge in [0.15, 0.2) is 0 Å². The highest BCUT2D eigenvalue weighted by molar-refractivity contribution is 7.89. The van der Waals surface area contributed by atoms with Gasteiger partial charge in [0.2, 0.25) is 10.0 Å². The van der Waals surface area contributed by atoms with E-state index in [9.17, 15) is 12.8 Å². The fraction of sp³-hybridized carbons (Fsp3) is 0.182. The molecule has 0 N–H and O–H groups in total. The molecular weight excluding hydrogens is 279 g/mol. The second-order valence-electron chi connectivity index (χ2n) is 3.21. The van der Waals surface area contributed by atoms with Gasteiger partial charge in [0.1, 0.15) is 17.3 Å². The maximum atomic E-state index is 13.1. The third kappa shape index (κ3) is 2.99. The molecule has 7 heteroatoms. The molecule has 1 aromatic carbocycles. The Bertz CT molecular complexity index is 615. The lowest BCUT2D eigenvalue weighted by atomic mass is 10.3. The maximum Gasteiger partial charge on any atom is 0.246 e. The minimum atomic E-state index is -4.08. The molecule has 0 saturated heterocycles. The van der Waals surface area contributed by atoms with Crippen LogP contribution in [0.25, 0.3) is 0 Å². The normalized spacial score (nSPS) is 10.9. The largest absolute Gasteiger partial charge is 0.246 e. The van der Waals surface area contributed by atoms with Gasteiger partial charge < -0.3 is 0 Å². The average molecular weight is 287 g/mol. The lowest BCUT2D eigenvalue weighted by Crippen LogP contribution is -2.32. The average Bonchev–Trinajstić information content (AvgIpc) is 2.32. The highest BCUT2D eigenvalue weighted by atomic mass is 35.5. The number of nitriles is 1. The van der Waals surface area contributed by atoms with Crippen molar-refractivity contribution in [1.29, 1.82) is 5.26 Å². The molecule has 0 amide bonds. The lowest BCUT2D eigenvalue weighted by Gasteiger charge is -2.17. The summed E-state index contributed by atoms with van der Waals surface area (Å²) < 4.78 is 38.0. The molecule has 0 aliphatic heterocycles. The maximum absolute atomic E-state index is 13.1. The number of rotatable bonds is 4. The quantitative estimate of drug-likeness (QED) is 0.624. The van der Waals surface area contributed by atoms with E-state index in [4.69, 9.17) is 23.3 Å². The molecule has 0 heterocycles. The van der Waals surface area contributed by atoms with Crippen molar-refractivity contribution < 1.29 is 12.8 Å². The third-order valence-electron chi connectivity index (χ3n) is 2.03. The van der Waals surface area contributed by atoms with Crippen molar-refractivity contribution >= 4 is 21.6 Å². The van der Waals surface area contributed by atoms with E-state index in [0.717, 1.165) is 22.5 Å². The molecule has 4 nitrogen and oxygen atoms in total. The fourth-order valence-corrected chi connectivity index (χ4v) is 2.96. The summed E-state index contributed by atoms with van der Waals surface area (Å²) in [6.07, 6.45) is 5.03. The van der Waals surface area contributed by atoms with Crippen molar-refractivity contribution in [3.63, 3.8) is 0 Å². The van der Waals surface area contributed by atoms with Crippen LogP contribution in [0.4, 0.5) is 4.39 Å². The number of nitrogens with zero attached hydrogens (tertiary/aromatic N) is 2. The first kappa shape index (κ1) is 14.5. The number of hydrogen-bond acceptors (Lipinski definition) is 3. The van der Waals surface area contributed by atoms with E-state index in [-0.39, 0.29) is 11.6 Å². The minimum absolute atomic E-state index is 0.128. The van der Waals surface area contributed by atoms with Crippen LogP contribution >= 0.6 is 11.6 Å². The molecule has 1 aromatic rings. The van der Waals surface area contributed by atoms with Gasteiger partial charge in [-0.25, -0.2) is 12.8 Å². The Hall–Kier alpha value is -1.60. The molecule has 18 heavy (non-hydrogen) atoms. The Morgan fingerprint density at radius 1 is 1.44 bits per heavy atom. The molecule has 94 valence electrons. The Balaban J connectivity index is 3.32. The van der Waals surface area contributed by atoms with Gasteiger partial charge in [-0.05, 0) is 18.2 Å². The molecular formula is C11H8ClFN2O2S. The first-order valence-corrected chi connectivity index (χ1v) is 6.51. The topological polar surface area (TPSA) is 61.2 Å². The highest BCUT2D eigenvalue weighted by Gasteiger charge is 2.26. The Morgan fingerprint density at radius 2 is 2.11 bits per heavy atom. The van der Waals surface area contributed by atoms with Crippen LogP contribution in [0.5, 0.6) is 0 Å². The van der Waals surface area contributed by atoms with Gasteiger partial charge in [-0.3, -0.25) is 0 Å². The van der Waals surface area contributed by atoms with Gasteiger partial charge in [0, 0.05) is 0 Å². The molecule has 0 aromatic heterocycles. The number of halogens is 2. The first-order valence-electron chi connectivity index (χ1n) is 4.69. The summed E-state index contributed by atoms with van der Waals surface area (Å²) in [6, 6.07) is 4.64. The molecule has 0 aliphatic rings. The van der Waals surface area contributed by atoms with Crippen LogP contribution in [0.15, 0.2) is 23.1 Å². The molecule has 0 fully saturated rings. The van der Waals surface area contributed by atoms with Gasteiger partial charge in [-0.15, -0.1) is 6.42 Å². The molecule has 0 aliphatic carbocycles. The summed E-state index contributed by atoms with van der Waals surface area (Å²) in [7, 11) is -4.08. The van der Waals surface area contributed by atoms with E-state index >= 15 is 0 Å². The van der Waals surface area contributed by atoms with E-state index < -0.39 is 27.3 Å². The summed E-state index contributed by atoms with van der Waals surface area (Å²) in [6.45, 7) is -0.720. The van der Waals surface area contributed by atoms with Crippen molar-refractivity contribution in [2.45, 2.75) is 4.90 Å². The van der Waals surface area contributed by atoms with Crippen LogP contribution in [0.2, 0.25) is 5.02 Å². The van der Waals surface area contributed by atoms with Crippen LogP contribution in [0, 0.1) is 29.5 Å². The van der Waals surface area contributed by atoms with Crippen LogP contribution in [0.3, 0.4) is 0 Å². The van der Waals surface area contributed by atoms with E-state index in [2.05, 4.69) is 5.92 Å². The van der Waals surface area contributed by atoms with E-state index in [1.54, 1.807) is 6.07 Å². The number of sulfonamides is 1. The van der Waals surface area contributed by atoms with Crippen LogP contribution in [-0.4, -0.2) is 25.8 Å². The summed E-state index contributed by atoms with van der Waals surface area (Å²) >= 11 is 5.72. The fourth-order valence-electron chi connectivity index (χ4n) is 1.22. The zero-order chi connectivity index (χ0) is 13.8. The molecule has 0 bridgehead atoms. The van der Waals surface area contributed by atoms with Crippen molar-refractivity contribution in [2.75, 3.05) is 13.1 Å². The highest BCUT2D eigenvalue weighted by Crippen LogP contribution is 2.25. The van der Waals surface area contributed by atoms with Gasteiger partial charge in [0.05, 0.1) is 17.6 Å². The number of terminal acetylenes is 1. The predicted octanol–water partition coefficient (Wildman–Crippen LogP) is 1.63. The van der Waals surface area contributed by atoms with E-state index in [1.165, 1.54) is 0 Å². The van der Waals surface area contributed by atoms with Crippen LogP contribution in [0.1, 0.15) is 0 Å². The Kier molecular flexibility index (Phi) is 4.69. The summed E-state index contributed by atoms with van der Waals surface area (Å²) in [4.78, 5) is -0.408. The van der Waals surface area contributed by atoms with Gasteiger partial charge >= 0.3 is 0 Å². The zero-order valence-corrected chi connectivity index (χ0v) is 10.7. The lowest BCUT2D eigenvalue weighted by molar-refractivity contribution is 0.480. The Morgan fingerprint density at radius 3 is 2.67 bits per heavy atom. The first-order chi connectivity index (χ1) is 8.43. The SMILES string of the molecule is C#CCN(CC#N)S(=O)(=O)c1cc(F)ccc1Cl. The van der Waals surface area contributed by atoms with Gasteiger partial charge in [-0.2, -0.15) is 9.57 Å². The van der Waals surface area contributed by atoms with Crippen molar-refractivity contribution in [3.05, 3.63) is 29.0 Å². The van der Waals surface area contributed by atoms with Crippen LogP contribution in [-0.2, 0) is 10.0 Å². The molecule has 0 saturated carbocycles. The molecule has 1 rings (SSSR count). The van der Waals surface area contributed by atoms with Crippen molar-refractivity contribution in [3.8, 4) is 18.4 Å². The summed E-state index contributed by atoms with van der Waals surface area (Å²) in [5.41, 5.74) is 0. The second-order valence-corrected chi connectivity index (χ2v) is 5.52. The van der Waals surface area contributed by atoms with E-state index in [1.807, 2.05) is 0 Å². The second kappa shape index (κ2) is 5.83. The third-order valence-corrected chi connectivity index (χ3v) is 4.30. The minimum Gasteiger partial charge on any atom is -0.207 e. The predicted molar refractivity (Wildman–Crippen MR) is 64.6 cm³/mol. The smallest absolute Gasteiger partial charge is 0.207 e. The van der Waals surface area contributed by atoms with E-state index in [0.29, 0.717) is 0 Å². The van der Waals surface area contributed by atoms with Crippen molar-refractivity contribution in [1.82, 2.24) is 4.31 Å². The Labute approximate surface area is 110 Å². The summed E-state index contributed by atoms with van der Waals surface area (Å²) in [5, 5.41) is 8.44. The van der Waals surface area contributed by atoms with Gasteiger partial charge in [-0.1, -0.05) is 17.5 Å². The molecule has 0 spiro atoms. The number of hydrogen-bond donors (Lipinski definition) is 0. The summed E-state index contributed by atoms with van der Waals surface area (Å²) in [5.74, 6) is 1.38. The standard InChI is InChI=1S/C11H8ClFN2O2S/c1-2-6-15(7-5-14)18(16,17)11-8-9(13)3-4-10(11)12/h1,3-4,8H,6-7H2. The van der Waals surface area contributed by atoms with Crippen LogP contribution < -0.4 is 0 Å². The molecule has 0 radical (unpaired) electrons. The van der Waals surface area contributed by atoms with Crippen molar-refractivity contribution in [2.24, 2.45) is 0 Å².